The number of nitrogens with zero attached hydrogens (tertiary/aromatic N) is 4. The molecule has 0 aliphatic heterocycles. The van der Waals surface area contributed by atoms with Crippen molar-refractivity contribution in [2.24, 2.45) is 5.84 Å². The Morgan fingerprint density at radius 3 is 2.52 bits per heavy atom. The predicted octanol–water partition coefficient (Wildman–Crippen LogP) is 4.23. The number of benzene rings is 2. The third-order valence-corrected chi connectivity index (χ3v) is 4.70. The van der Waals surface area contributed by atoms with Crippen molar-refractivity contribution in [3.05, 3.63) is 96.2 Å². The Labute approximate surface area is 170 Å². The normalized spacial score (nSPS) is 11.6. The van der Waals surface area contributed by atoms with E-state index in [2.05, 4.69) is 63.8 Å². The Morgan fingerprint density at radius 2 is 1.79 bits per heavy atom. The van der Waals surface area contributed by atoms with Gasteiger partial charge in [0.15, 0.2) is 11.5 Å². The van der Waals surface area contributed by atoms with E-state index in [-0.39, 0.29) is 0 Å². The van der Waals surface area contributed by atoms with E-state index in [4.69, 9.17) is 5.84 Å². The molecule has 6 nitrogen and oxygen atoms in total. The summed E-state index contributed by atoms with van der Waals surface area (Å²) in [6, 6.07) is 18.9. The van der Waals surface area contributed by atoms with E-state index >= 15 is 0 Å². The van der Waals surface area contributed by atoms with Crippen LogP contribution in [0.1, 0.15) is 23.7 Å². The zero-order valence-electron chi connectivity index (χ0n) is 16.6. The zero-order valence-corrected chi connectivity index (χ0v) is 16.6. The Balaban J connectivity index is 1.56. The number of allylic oxidation sites excluding steroid dienone is 1. The third kappa shape index (κ3) is 4.28. The van der Waals surface area contributed by atoms with E-state index in [9.17, 15) is 0 Å². The number of nitrogens with two attached hydrogens (primary N) is 1. The standard InChI is InChI=1S/C23H24N6/c1-17(16-28(2)24)21-15-26-23-22(25-12-13-29(21)23)27-20-10-8-19(9-11-20)14-18-6-4-3-5-7-18/h3-13,15-16H,14,24H2,1-2H3,(H,25,27)/b17-16+. The first kappa shape index (κ1) is 18.7. The summed E-state index contributed by atoms with van der Waals surface area (Å²) in [7, 11) is 1.79. The number of anilines is 2. The van der Waals surface area contributed by atoms with Gasteiger partial charge < -0.3 is 10.3 Å². The lowest BCUT2D eigenvalue weighted by Crippen LogP contribution is -2.19. The first-order valence-corrected chi connectivity index (χ1v) is 9.48. The minimum atomic E-state index is 0.712. The van der Waals surface area contributed by atoms with E-state index in [0.717, 1.165) is 29.0 Å². The topological polar surface area (TPSA) is 71.5 Å². The molecule has 2 aromatic carbocycles. The van der Waals surface area contributed by atoms with Crippen LogP contribution in [0.2, 0.25) is 0 Å². The van der Waals surface area contributed by atoms with Crippen molar-refractivity contribution < 1.29 is 0 Å². The van der Waals surface area contributed by atoms with Crippen molar-refractivity contribution in [2.75, 3.05) is 12.4 Å². The molecule has 29 heavy (non-hydrogen) atoms. The van der Waals surface area contributed by atoms with Crippen molar-refractivity contribution in [1.82, 2.24) is 19.4 Å². The third-order valence-electron chi connectivity index (χ3n) is 4.70. The van der Waals surface area contributed by atoms with E-state index in [0.29, 0.717) is 5.82 Å². The molecular formula is C23H24N6. The Morgan fingerprint density at radius 1 is 1.07 bits per heavy atom. The molecule has 0 saturated carbocycles. The fraction of sp³-hybridized carbons (Fsp3) is 0.130. The van der Waals surface area contributed by atoms with Crippen LogP contribution in [0.5, 0.6) is 0 Å². The molecule has 4 aromatic rings. The van der Waals surface area contributed by atoms with Crippen LogP contribution in [0, 0.1) is 0 Å². The van der Waals surface area contributed by atoms with Crippen molar-refractivity contribution in [3.63, 3.8) is 0 Å². The number of hydrogen-bond acceptors (Lipinski definition) is 5. The van der Waals surface area contributed by atoms with Gasteiger partial charge in [-0.25, -0.2) is 15.8 Å². The minimum absolute atomic E-state index is 0.712. The molecule has 0 amide bonds. The van der Waals surface area contributed by atoms with E-state index in [1.165, 1.54) is 16.1 Å². The molecule has 4 rings (SSSR count). The molecule has 0 saturated heterocycles. The van der Waals surface area contributed by atoms with Gasteiger partial charge in [-0.1, -0.05) is 42.5 Å². The lowest BCUT2D eigenvalue weighted by Gasteiger charge is -2.10. The minimum Gasteiger partial charge on any atom is -0.337 e. The lowest BCUT2D eigenvalue weighted by molar-refractivity contribution is 0.486. The van der Waals surface area contributed by atoms with Crippen LogP contribution in [-0.2, 0) is 6.42 Å². The van der Waals surface area contributed by atoms with Gasteiger partial charge in [-0.3, -0.25) is 4.40 Å². The van der Waals surface area contributed by atoms with Crippen LogP contribution < -0.4 is 11.2 Å². The van der Waals surface area contributed by atoms with Crippen LogP contribution in [0.15, 0.2) is 79.4 Å². The summed E-state index contributed by atoms with van der Waals surface area (Å²) in [5.41, 5.74) is 6.30. The smallest absolute Gasteiger partial charge is 0.180 e. The van der Waals surface area contributed by atoms with Gasteiger partial charge in [0.25, 0.3) is 0 Å². The van der Waals surface area contributed by atoms with Crippen LogP contribution >= 0.6 is 0 Å². The predicted molar refractivity (Wildman–Crippen MR) is 118 cm³/mol. The number of imidazole rings is 1. The summed E-state index contributed by atoms with van der Waals surface area (Å²) in [6.45, 7) is 2.01. The maximum absolute atomic E-state index is 5.74. The molecule has 2 aromatic heterocycles. The summed E-state index contributed by atoms with van der Waals surface area (Å²) in [5, 5.41) is 4.92. The second kappa shape index (κ2) is 8.16. The Bertz CT molecular complexity index is 1130. The molecule has 3 N–H and O–H groups in total. The Hall–Kier alpha value is -3.64. The highest BCUT2D eigenvalue weighted by atomic mass is 15.4. The molecule has 0 bridgehead atoms. The highest BCUT2D eigenvalue weighted by Gasteiger charge is 2.10. The largest absolute Gasteiger partial charge is 0.337 e. The van der Waals surface area contributed by atoms with Crippen molar-refractivity contribution in [3.8, 4) is 0 Å². The quantitative estimate of drug-likeness (QED) is 0.384. The maximum Gasteiger partial charge on any atom is 0.180 e. The fourth-order valence-electron chi connectivity index (χ4n) is 3.34. The highest BCUT2D eigenvalue weighted by Crippen LogP contribution is 2.23. The number of hydrazine groups is 1. The molecule has 0 unspecified atom stereocenters. The van der Waals surface area contributed by atoms with Crippen molar-refractivity contribution >= 4 is 22.7 Å². The average Bonchev–Trinajstić information content (AvgIpc) is 3.15. The molecule has 6 heteroatoms. The van der Waals surface area contributed by atoms with Gasteiger partial charge >= 0.3 is 0 Å². The zero-order chi connectivity index (χ0) is 20.2. The lowest BCUT2D eigenvalue weighted by atomic mass is 10.0. The molecule has 0 aliphatic rings. The molecule has 0 spiro atoms. The van der Waals surface area contributed by atoms with E-state index in [1.54, 1.807) is 13.2 Å². The van der Waals surface area contributed by atoms with Crippen molar-refractivity contribution in [1.29, 1.82) is 0 Å². The molecule has 0 radical (unpaired) electrons. The number of fused-ring (bicyclic) bond motifs is 1. The average molecular weight is 384 g/mol. The van der Waals surface area contributed by atoms with E-state index in [1.807, 2.05) is 36.0 Å². The van der Waals surface area contributed by atoms with Crippen molar-refractivity contribution in [2.45, 2.75) is 13.3 Å². The molecule has 0 atom stereocenters. The number of rotatable bonds is 6. The SMILES string of the molecule is C/C(=C\N(C)N)c1cnc2c(Nc3ccc(Cc4ccccc4)cc3)nccn12. The fourth-order valence-corrected chi connectivity index (χ4v) is 3.34. The first-order chi connectivity index (χ1) is 14.1. The van der Waals surface area contributed by atoms with Gasteiger partial charge in [-0.2, -0.15) is 0 Å². The second-order valence-electron chi connectivity index (χ2n) is 7.07. The van der Waals surface area contributed by atoms with Gasteiger partial charge in [-0.05, 0) is 42.2 Å². The van der Waals surface area contributed by atoms with Crippen LogP contribution in [0.3, 0.4) is 0 Å². The maximum atomic E-state index is 5.74. The van der Waals surface area contributed by atoms with E-state index < -0.39 is 0 Å². The molecular weight excluding hydrogens is 360 g/mol. The first-order valence-electron chi connectivity index (χ1n) is 9.48. The van der Waals surface area contributed by atoms with Crippen LogP contribution in [0.25, 0.3) is 11.2 Å². The molecule has 146 valence electrons. The van der Waals surface area contributed by atoms with Gasteiger partial charge in [0.1, 0.15) is 0 Å². The summed E-state index contributed by atoms with van der Waals surface area (Å²) in [4.78, 5) is 9.03. The van der Waals surface area contributed by atoms with Gasteiger partial charge in [0.05, 0.1) is 11.9 Å². The monoisotopic (exact) mass is 384 g/mol. The van der Waals surface area contributed by atoms with Crippen LogP contribution in [-0.4, -0.2) is 26.4 Å². The number of hydrogen-bond donors (Lipinski definition) is 2. The van der Waals surface area contributed by atoms with Gasteiger partial charge in [0.2, 0.25) is 0 Å². The van der Waals surface area contributed by atoms with Crippen LogP contribution in [0.4, 0.5) is 11.5 Å². The molecule has 0 fully saturated rings. The van der Waals surface area contributed by atoms with Gasteiger partial charge in [0, 0.05) is 31.3 Å². The summed E-state index contributed by atoms with van der Waals surface area (Å²) in [5.74, 6) is 6.45. The van der Waals surface area contributed by atoms with Gasteiger partial charge in [-0.15, -0.1) is 0 Å². The summed E-state index contributed by atoms with van der Waals surface area (Å²) >= 11 is 0. The highest BCUT2D eigenvalue weighted by molar-refractivity contribution is 5.73. The number of nitrogens with one attached hydrogen (secondary N) is 1. The summed E-state index contributed by atoms with van der Waals surface area (Å²) < 4.78 is 2.01. The second-order valence-corrected chi connectivity index (χ2v) is 7.07. The Kier molecular flexibility index (Phi) is 5.27. The molecule has 0 aliphatic carbocycles. The molecule has 2 heterocycles. The summed E-state index contributed by atoms with van der Waals surface area (Å²) in [6.07, 6.45) is 8.28. The number of aromatic nitrogens is 3.